The first-order valence-corrected chi connectivity index (χ1v) is 5.47. The molecule has 19 heavy (non-hydrogen) atoms. The molecule has 7 nitrogen and oxygen atoms in total. The predicted octanol–water partition coefficient (Wildman–Crippen LogP) is -0.369. The van der Waals surface area contributed by atoms with Gasteiger partial charge in [0.05, 0.1) is 6.54 Å². The molecule has 0 bridgehead atoms. The van der Waals surface area contributed by atoms with Crippen LogP contribution in [0.5, 0.6) is 5.75 Å². The van der Waals surface area contributed by atoms with Crippen LogP contribution in [-0.2, 0) is 9.59 Å². The van der Waals surface area contributed by atoms with Crippen molar-refractivity contribution in [1.82, 2.24) is 10.6 Å². The molecule has 102 valence electrons. The molecule has 0 spiro atoms. The number of phenolic OH excluding ortho intramolecular Hbond substituents is 1. The molecular weight excluding hydrogens is 252 g/mol. The summed E-state index contributed by atoms with van der Waals surface area (Å²) in [5, 5.41) is 22.2. The summed E-state index contributed by atoms with van der Waals surface area (Å²) in [5.41, 5.74) is 0.664. The second-order valence-corrected chi connectivity index (χ2v) is 3.80. The highest BCUT2D eigenvalue weighted by molar-refractivity contribution is 5.98. The number of phenols is 1. The number of hydrogen-bond donors (Lipinski definition) is 4. The Morgan fingerprint density at radius 3 is 2.47 bits per heavy atom. The van der Waals surface area contributed by atoms with Crippen LogP contribution in [0.25, 0.3) is 0 Å². The molecule has 1 aromatic rings. The monoisotopic (exact) mass is 266 g/mol. The Morgan fingerprint density at radius 1 is 1.16 bits per heavy atom. The lowest BCUT2D eigenvalue weighted by Crippen LogP contribution is -2.39. The van der Waals surface area contributed by atoms with Gasteiger partial charge in [0.25, 0.3) is 5.91 Å². The van der Waals surface area contributed by atoms with Gasteiger partial charge in [-0.15, -0.1) is 0 Å². The van der Waals surface area contributed by atoms with Gasteiger partial charge in [-0.25, -0.2) is 0 Å². The number of aromatic hydroxyl groups is 1. The van der Waals surface area contributed by atoms with Gasteiger partial charge in [-0.05, 0) is 19.1 Å². The van der Waals surface area contributed by atoms with Crippen molar-refractivity contribution in [3.05, 3.63) is 29.3 Å². The minimum Gasteiger partial charge on any atom is -0.508 e. The number of nitrogens with one attached hydrogen (secondary N) is 2. The lowest BCUT2D eigenvalue weighted by atomic mass is 10.1. The Morgan fingerprint density at radius 2 is 1.84 bits per heavy atom. The summed E-state index contributed by atoms with van der Waals surface area (Å²) in [5.74, 6) is -2.29. The molecule has 0 aliphatic carbocycles. The van der Waals surface area contributed by atoms with Gasteiger partial charge in [-0.3, -0.25) is 14.4 Å². The van der Waals surface area contributed by atoms with Gasteiger partial charge < -0.3 is 20.8 Å². The molecule has 0 aromatic heterocycles. The summed E-state index contributed by atoms with van der Waals surface area (Å²) in [4.78, 5) is 33.2. The molecule has 0 aliphatic heterocycles. The fourth-order valence-corrected chi connectivity index (χ4v) is 1.36. The molecule has 0 fully saturated rings. The van der Waals surface area contributed by atoms with E-state index in [0.717, 1.165) is 0 Å². The van der Waals surface area contributed by atoms with E-state index in [1.165, 1.54) is 18.2 Å². The van der Waals surface area contributed by atoms with E-state index in [1.54, 1.807) is 6.92 Å². The lowest BCUT2D eigenvalue weighted by Gasteiger charge is -2.08. The number of carboxylic acids is 1. The van der Waals surface area contributed by atoms with E-state index >= 15 is 0 Å². The van der Waals surface area contributed by atoms with Crippen LogP contribution < -0.4 is 10.6 Å². The number of carboxylic acid groups (broad SMARTS) is 1. The maximum absolute atomic E-state index is 11.7. The van der Waals surface area contributed by atoms with Crippen LogP contribution in [-0.4, -0.2) is 41.1 Å². The fourth-order valence-electron chi connectivity index (χ4n) is 1.36. The van der Waals surface area contributed by atoms with Crippen LogP contribution in [0.4, 0.5) is 0 Å². The Bertz CT molecular complexity index is 513. The van der Waals surface area contributed by atoms with Gasteiger partial charge in [0.2, 0.25) is 5.91 Å². The van der Waals surface area contributed by atoms with Gasteiger partial charge in [0.15, 0.2) is 0 Å². The summed E-state index contributed by atoms with van der Waals surface area (Å²) >= 11 is 0. The quantitative estimate of drug-likeness (QED) is 0.580. The smallest absolute Gasteiger partial charge is 0.322 e. The Balaban J connectivity index is 2.54. The predicted molar refractivity (Wildman–Crippen MR) is 65.8 cm³/mol. The molecule has 0 radical (unpaired) electrons. The molecule has 4 N–H and O–H groups in total. The van der Waals surface area contributed by atoms with Crippen LogP contribution in [0, 0.1) is 6.92 Å². The molecule has 7 heteroatoms. The van der Waals surface area contributed by atoms with Crippen LogP contribution >= 0.6 is 0 Å². The average Bonchev–Trinajstić information content (AvgIpc) is 2.36. The highest BCUT2D eigenvalue weighted by Gasteiger charge is 2.12. The van der Waals surface area contributed by atoms with Crippen molar-refractivity contribution in [2.45, 2.75) is 6.92 Å². The number of hydrogen-bond acceptors (Lipinski definition) is 4. The van der Waals surface area contributed by atoms with Crippen LogP contribution in [0.15, 0.2) is 18.2 Å². The highest BCUT2D eigenvalue weighted by Crippen LogP contribution is 2.19. The zero-order valence-corrected chi connectivity index (χ0v) is 10.3. The number of amides is 2. The molecule has 0 saturated heterocycles. The van der Waals surface area contributed by atoms with Gasteiger partial charge >= 0.3 is 5.97 Å². The van der Waals surface area contributed by atoms with E-state index in [-0.39, 0.29) is 17.9 Å². The first kappa shape index (κ1) is 14.5. The highest BCUT2D eigenvalue weighted by atomic mass is 16.4. The topological polar surface area (TPSA) is 116 Å². The number of carbonyl (C=O) groups excluding carboxylic acids is 2. The summed E-state index contributed by atoms with van der Waals surface area (Å²) in [6.07, 6.45) is 0. The first-order valence-electron chi connectivity index (χ1n) is 5.47. The third-order valence-electron chi connectivity index (χ3n) is 2.40. The molecule has 0 saturated carbocycles. The van der Waals surface area contributed by atoms with E-state index in [4.69, 9.17) is 5.11 Å². The molecule has 0 unspecified atom stereocenters. The molecule has 0 heterocycles. The average molecular weight is 266 g/mol. The second-order valence-electron chi connectivity index (χ2n) is 3.80. The summed E-state index contributed by atoms with van der Waals surface area (Å²) < 4.78 is 0. The van der Waals surface area contributed by atoms with E-state index in [2.05, 4.69) is 10.6 Å². The summed E-state index contributed by atoms with van der Waals surface area (Å²) in [7, 11) is 0. The summed E-state index contributed by atoms with van der Waals surface area (Å²) in [6, 6.07) is 4.48. The zero-order chi connectivity index (χ0) is 14.4. The van der Waals surface area contributed by atoms with Crippen molar-refractivity contribution in [2.24, 2.45) is 0 Å². The number of benzene rings is 1. The van der Waals surface area contributed by atoms with Crippen molar-refractivity contribution in [3.8, 4) is 5.75 Å². The first-order chi connectivity index (χ1) is 8.91. The third kappa shape index (κ3) is 4.30. The van der Waals surface area contributed by atoms with E-state index in [1.807, 2.05) is 0 Å². The molecular formula is C12H14N2O5. The standard InChI is InChI=1S/C12H14N2O5/c1-7-8(3-2-4-9(7)15)12(19)14-5-10(16)13-6-11(17)18/h2-4,15H,5-6H2,1H3,(H,13,16)(H,14,19)(H,17,18). The fraction of sp³-hybridized carbons (Fsp3) is 0.250. The third-order valence-corrected chi connectivity index (χ3v) is 2.40. The van der Waals surface area contributed by atoms with E-state index in [0.29, 0.717) is 5.56 Å². The Labute approximate surface area is 109 Å². The van der Waals surface area contributed by atoms with Crippen molar-refractivity contribution in [2.75, 3.05) is 13.1 Å². The zero-order valence-electron chi connectivity index (χ0n) is 10.3. The SMILES string of the molecule is Cc1c(O)cccc1C(=O)NCC(=O)NCC(=O)O. The van der Waals surface area contributed by atoms with Gasteiger partial charge in [-0.1, -0.05) is 6.07 Å². The molecule has 2 amide bonds. The second kappa shape index (κ2) is 6.39. The van der Waals surface area contributed by atoms with Gasteiger partial charge in [-0.2, -0.15) is 0 Å². The molecule has 0 atom stereocenters. The van der Waals surface area contributed by atoms with Crippen LogP contribution in [0.3, 0.4) is 0 Å². The van der Waals surface area contributed by atoms with E-state index < -0.39 is 24.3 Å². The number of carbonyl (C=O) groups is 3. The van der Waals surface area contributed by atoms with E-state index in [9.17, 15) is 19.5 Å². The Hall–Kier alpha value is -2.57. The van der Waals surface area contributed by atoms with Crippen molar-refractivity contribution >= 4 is 17.8 Å². The number of rotatable bonds is 5. The van der Waals surface area contributed by atoms with Crippen LogP contribution in [0.2, 0.25) is 0 Å². The van der Waals surface area contributed by atoms with Crippen molar-refractivity contribution in [1.29, 1.82) is 0 Å². The molecule has 0 aliphatic rings. The summed E-state index contributed by atoms with van der Waals surface area (Å²) in [6.45, 7) is 0.746. The molecule has 1 aromatic carbocycles. The van der Waals surface area contributed by atoms with Crippen molar-refractivity contribution in [3.63, 3.8) is 0 Å². The van der Waals surface area contributed by atoms with Gasteiger partial charge in [0, 0.05) is 11.1 Å². The van der Waals surface area contributed by atoms with Gasteiger partial charge in [0.1, 0.15) is 12.3 Å². The minimum atomic E-state index is -1.16. The van der Waals surface area contributed by atoms with Crippen molar-refractivity contribution < 1.29 is 24.6 Å². The largest absolute Gasteiger partial charge is 0.508 e. The minimum absolute atomic E-state index is 0.0111. The maximum atomic E-state index is 11.7. The van der Waals surface area contributed by atoms with Crippen LogP contribution in [0.1, 0.15) is 15.9 Å². The number of aliphatic carboxylic acids is 1. The molecule has 1 rings (SSSR count). The Kier molecular flexibility index (Phi) is 4.87. The maximum Gasteiger partial charge on any atom is 0.322 e. The lowest BCUT2D eigenvalue weighted by molar-refractivity contribution is -0.137. The normalized spacial score (nSPS) is 9.74.